The molecule has 0 fully saturated rings. The van der Waals surface area contributed by atoms with Crippen LogP contribution in [0.3, 0.4) is 0 Å². The van der Waals surface area contributed by atoms with Crippen LogP contribution >= 0.6 is 0 Å². The molecule has 4 heteroatoms. The highest BCUT2D eigenvalue weighted by molar-refractivity contribution is 5.87. The smallest absolute Gasteiger partial charge is 0.243 e. The molecule has 0 radical (unpaired) electrons. The van der Waals surface area contributed by atoms with Crippen LogP contribution in [-0.2, 0) is 14.3 Å². The van der Waals surface area contributed by atoms with Gasteiger partial charge in [-0.05, 0) is 13.0 Å². The molecule has 1 amide bonds. The van der Waals surface area contributed by atoms with Crippen molar-refractivity contribution in [3.05, 3.63) is 12.7 Å². The van der Waals surface area contributed by atoms with E-state index in [0.717, 1.165) is 0 Å². The number of hydrogen-bond acceptors (Lipinski definition) is 3. The second-order valence-electron chi connectivity index (χ2n) is 3.65. The predicted octanol–water partition coefficient (Wildman–Crippen LogP) is 0.347. The maximum absolute atomic E-state index is 11.3. The SMILES string of the molecule is C#CCOCC(C)(COCC#C)NC(=O)C=C. The van der Waals surface area contributed by atoms with E-state index in [1.807, 2.05) is 0 Å². The Bertz CT molecular complexity index is 316. The molecule has 0 atom stereocenters. The molecule has 92 valence electrons. The van der Waals surface area contributed by atoms with Crippen LogP contribution in [-0.4, -0.2) is 37.9 Å². The summed E-state index contributed by atoms with van der Waals surface area (Å²) in [5.74, 6) is 4.39. The van der Waals surface area contributed by atoms with Gasteiger partial charge in [-0.3, -0.25) is 4.79 Å². The molecule has 0 aliphatic rings. The lowest BCUT2D eigenvalue weighted by molar-refractivity contribution is -0.120. The van der Waals surface area contributed by atoms with Crippen molar-refractivity contribution in [3.8, 4) is 24.7 Å². The minimum absolute atomic E-state index is 0.175. The fourth-order valence-corrected chi connectivity index (χ4v) is 1.13. The summed E-state index contributed by atoms with van der Waals surface area (Å²) < 4.78 is 10.4. The lowest BCUT2D eigenvalue weighted by atomic mass is 10.1. The first kappa shape index (κ1) is 15.2. The number of terminal acetylenes is 2. The average Bonchev–Trinajstić information content (AvgIpc) is 2.29. The van der Waals surface area contributed by atoms with Crippen molar-refractivity contribution in [1.29, 1.82) is 0 Å². The van der Waals surface area contributed by atoms with Crippen LogP contribution in [0.5, 0.6) is 0 Å². The van der Waals surface area contributed by atoms with Gasteiger partial charge in [0.1, 0.15) is 13.2 Å². The van der Waals surface area contributed by atoms with Gasteiger partial charge in [-0.15, -0.1) is 12.8 Å². The van der Waals surface area contributed by atoms with Crippen LogP contribution in [0, 0.1) is 24.7 Å². The molecule has 0 aliphatic heterocycles. The number of amides is 1. The van der Waals surface area contributed by atoms with Crippen LogP contribution in [0.4, 0.5) is 0 Å². The van der Waals surface area contributed by atoms with E-state index in [-0.39, 0.29) is 32.3 Å². The van der Waals surface area contributed by atoms with Crippen molar-refractivity contribution in [2.45, 2.75) is 12.5 Å². The number of hydrogen-bond donors (Lipinski definition) is 1. The maximum Gasteiger partial charge on any atom is 0.243 e. The van der Waals surface area contributed by atoms with Gasteiger partial charge in [0.25, 0.3) is 0 Å². The molecule has 17 heavy (non-hydrogen) atoms. The molecule has 0 aliphatic carbocycles. The minimum atomic E-state index is -0.682. The summed E-state index contributed by atoms with van der Waals surface area (Å²) in [4.78, 5) is 11.3. The normalized spacial score (nSPS) is 10.1. The molecular formula is C13H17NO3. The Morgan fingerprint density at radius 1 is 1.35 bits per heavy atom. The molecule has 4 nitrogen and oxygen atoms in total. The number of rotatable bonds is 8. The van der Waals surface area contributed by atoms with Crippen molar-refractivity contribution in [1.82, 2.24) is 5.32 Å². The van der Waals surface area contributed by atoms with Crippen LogP contribution in [0.1, 0.15) is 6.92 Å². The van der Waals surface area contributed by atoms with Crippen LogP contribution in [0.25, 0.3) is 0 Å². The lowest BCUT2D eigenvalue weighted by Crippen LogP contribution is -2.52. The summed E-state index contributed by atoms with van der Waals surface area (Å²) in [5, 5.41) is 2.72. The number of carbonyl (C=O) groups excluding carboxylic acids is 1. The summed E-state index contributed by atoms with van der Waals surface area (Å²) in [5.41, 5.74) is -0.682. The topological polar surface area (TPSA) is 47.6 Å². The summed E-state index contributed by atoms with van der Waals surface area (Å²) in [6.45, 7) is 5.98. The molecule has 0 saturated carbocycles. The molecule has 0 aromatic heterocycles. The van der Waals surface area contributed by atoms with E-state index in [4.69, 9.17) is 22.3 Å². The van der Waals surface area contributed by atoms with E-state index >= 15 is 0 Å². The van der Waals surface area contributed by atoms with Crippen LogP contribution < -0.4 is 5.32 Å². The van der Waals surface area contributed by atoms with Crippen molar-refractivity contribution in [2.24, 2.45) is 0 Å². The summed E-state index contributed by atoms with van der Waals surface area (Å²) in [7, 11) is 0. The van der Waals surface area contributed by atoms with Crippen molar-refractivity contribution < 1.29 is 14.3 Å². The van der Waals surface area contributed by atoms with E-state index < -0.39 is 5.54 Å². The van der Waals surface area contributed by atoms with E-state index in [2.05, 4.69) is 23.7 Å². The van der Waals surface area contributed by atoms with Crippen molar-refractivity contribution >= 4 is 5.91 Å². The predicted molar refractivity (Wildman–Crippen MR) is 66.0 cm³/mol. The van der Waals surface area contributed by atoms with E-state index in [1.54, 1.807) is 6.92 Å². The fraction of sp³-hybridized carbons (Fsp3) is 0.462. The quantitative estimate of drug-likeness (QED) is 0.375. The first-order valence-corrected chi connectivity index (χ1v) is 5.05. The Hall–Kier alpha value is -1.75. The Balaban J connectivity index is 4.34. The summed E-state index contributed by atoms with van der Waals surface area (Å²) in [6.07, 6.45) is 11.3. The van der Waals surface area contributed by atoms with Gasteiger partial charge in [0.2, 0.25) is 5.91 Å². The molecule has 0 saturated heterocycles. The zero-order chi connectivity index (χ0) is 13.1. The third-order valence-electron chi connectivity index (χ3n) is 1.82. The second-order valence-corrected chi connectivity index (χ2v) is 3.65. The largest absolute Gasteiger partial charge is 0.366 e. The minimum Gasteiger partial charge on any atom is -0.366 e. The molecule has 0 rings (SSSR count). The van der Waals surface area contributed by atoms with Gasteiger partial charge in [-0.1, -0.05) is 18.4 Å². The molecule has 1 N–H and O–H groups in total. The van der Waals surface area contributed by atoms with E-state index in [0.29, 0.717) is 0 Å². The monoisotopic (exact) mass is 235 g/mol. The van der Waals surface area contributed by atoms with Gasteiger partial charge >= 0.3 is 0 Å². The van der Waals surface area contributed by atoms with E-state index in [9.17, 15) is 4.79 Å². The molecular weight excluding hydrogens is 218 g/mol. The molecule has 0 aromatic carbocycles. The molecule has 0 heterocycles. The average molecular weight is 235 g/mol. The van der Waals surface area contributed by atoms with Gasteiger partial charge in [0.15, 0.2) is 0 Å². The summed E-state index contributed by atoms with van der Waals surface area (Å²) >= 11 is 0. The zero-order valence-electron chi connectivity index (χ0n) is 9.99. The number of nitrogens with one attached hydrogen (secondary N) is 1. The number of carbonyl (C=O) groups is 1. The van der Waals surface area contributed by atoms with Gasteiger partial charge in [-0.25, -0.2) is 0 Å². The standard InChI is InChI=1S/C13H17NO3/c1-5-8-16-10-13(4,11-17-9-6-2)14-12(15)7-3/h1-2,7H,3,8-11H2,4H3,(H,14,15). The lowest BCUT2D eigenvalue weighted by Gasteiger charge is -2.29. The molecule has 0 spiro atoms. The highest BCUT2D eigenvalue weighted by Gasteiger charge is 2.26. The van der Waals surface area contributed by atoms with Gasteiger partial charge in [0, 0.05) is 0 Å². The third-order valence-corrected chi connectivity index (χ3v) is 1.82. The molecule has 0 aromatic rings. The van der Waals surface area contributed by atoms with Crippen molar-refractivity contribution in [2.75, 3.05) is 26.4 Å². The highest BCUT2D eigenvalue weighted by atomic mass is 16.5. The van der Waals surface area contributed by atoms with E-state index in [1.165, 1.54) is 6.08 Å². The van der Waals surface area contributed by atoms with Crippen LogP contribution in [0.15, 0.2) is 12.7 Å². The Morgan fingerprint density at radius 3 is 2.18 bits per heavy atom. The maximum atomic E-state index is 11.3. The Labute approximate surface area is 102 Å². The first-order valence-electron chi connectivity index (χ1n) is 5.05. The fourth-order valence-electron chi connectivity index (χ4n) is 1.13. The third kappa shape index (κ3) is 7.19. The molecule has 0 bridgehead atoms. The molecule has 0 unspecified atom stereocenters. The summed E-state index contributed by atoms with van der Waals surface area (Å²) in [6, 6.07) is 0. The second kappa shape index (κ2) is 8.41. The first-order chi connectivity index (χ1) is 8.08. The van der Waals surface area contributed by atoms with Gasteiger partial charge in [-0.2, -0.15) is 0 Å². The van der Waals surface area contributed by atoms with Crippen LogP contribution in [0.2, 0.25) is 0 Å². The van der Waals surface area contributed by atoms with Gasteiger partial charge < -0.3 is 14.8 Å². The highest BCUT2D eigenvalue weighted by Crippen LogP contribution is 2.06. The van der Waals surface area contributed by atoms with Gasteiger partial charge in [0.05, 0.1) is 18.8 Å². The Kier molecular flexibility index (Phi) is 7.54. The van der Waals surface area contributed by atoms with Crippen molar-refractivity contribution in [3.63, 3.8) is 0 Å². The Morgan fingerprint density at radius 2 is 1.82 bits per heavy atom. The zero-order valence-corrected chi connectivity index (χ0v) is 9.99. The number of ether oxygens (including phenoxy) is 2.